The Balaban J connectivity index is 1.20. The van der Waals surface area contributed by atoms with Gasteiger partial charge in [-0.2, -0.15) is 0 Å². The summed E-state index contributed by atoms with van der Waals surface area (Å²) in [6.45, 7) is 8.84. The Labute approximate surface area is 228 Å². The van der Waals surface area contributed by atoms with E-state index in [4.69, 9.17) is 21.3 Å². The first-order valence-corrected chi connectivity index (χ1v) is 13.7. The first-order chi connectivity index (χ1) is 18.1. The van der Waals surface area contributed by atoms with Crippen molar-refractivity contribution in [2.45, 2.75) is 63.7 Å². The van der Waals surface area contributed by atoms with Gasteiger partial charge < -0.3 is 25.0 Å². The van der Waals surface area contributed by atoms with Crippen molar-refractivity contribution in [3.63, 3.8) is 0 Å². The molecule has 2 aliphatic rings. The molecule has 1 aromatic carbocycles. The van der Waals surface area contributed by atoms with Gasteiger partial charge in [0.05, 0.1) is 22.5 Å². The minimum atomic E-state index is -0.809. The summed E-state index contributed by atoms with van der Waals surface area (Å²) in [5.41, 5.74) is 1.32. The minimum Gasteiger partial charge on any atom is -0.444 e. The number of nitrogens with one attached hydrogen (secondary N) is 2. The van der Waals surface area contributed by atoms with E-state index in [9.17, 15) is 9.90 Å². The molecule has 1 amide bonds. The summed E-state index contributed by atoms with van der Waals surface area (Å²) in [4.78, 5) is 28.8. The van der Waals surface area contributed by atoms with Crippen LogP contribution in [0.1, 0.15) is 46.5 Å². The molecule has 2 unspecified atom stereocenters. The zero-order valence-electron chi connectivity index (χ0n) is 22.3. The van der Waals surface area contributed by atoms with Crippen LogP contribution in [-0.4, -0.2) is 85.9 Å². The van der Waals surface area contributed by atoms with Gasteiger partial charge in [0.1, 0.15) is 5.60 Å². The zero-order chi connectivity index (χ0) is 26.9. The summed E-state index contributed by atoms with van der Waals surface area (Å²) in [6, 6.07) is 8.10. The van der Waals surface area contributed by atoms with Gasteiger partial charge in [0.25, 0.3) is 0 Å². The number of anilines is 1. The van der Waals surface area contributed by atoms with Crippen LogP contribution in [0, 0.1) is 0 Å². The third-order valence-electron chi connectivity index (χ3n) is 7.28. The molecule has 2 atom stereocenters. The van der Waals surface area contributed by atoms with Crippen LogP contribution in [0.4, 0.5) is 10.7 Å². The number of hydrogen-bond donors (Lipinski definition) is 3. The molecule has 9 nitrogen and oxygen atoms in total. The molecule has 2 fully saturated rings. The largest absolute Gasteiger partial charge is 0.444 e. The third kappa shape index (κ3) is 6.22. The Morgan fingerprint density at radius 1 is 1.26 bits per heavy atom. The summed E-state index contributed by atoms with van der Waals surface area (Å²) in [6.07, 6.45) is 6.48. The first-order valence-electron chi connectivity index (χ1n) is 13.4. The molecule has 1 saturated carbocycles. The molecule has 1 aliphatic carbocycles. The van der Waals surface area contributed by atoms with E-state index >= 15 is 0 Å². The molecular weight excluding hydrogens is 504 g/mol. The van der Waals surface area contributed by atoms with Gasteiger partial charge in [-0.15, -0.1) is 0 Å². The average molecular weight is 541 g/mol. The Hall–Kier alpha value is -2.88. The maximum atomic E-state index is 12.4. The Morgan fingerprint density at radius 3 is 2.79 bits per heavy atom. The van der Waals surface area contributed by atoms with E-state index in [0.717, 1.165) is 35.7 Å². The fraction of sp³-hybridized carbons (Fsp3) is 0.536. The van der Waals surface area contributed by atoms with Crippen molar-refractivity contribution in [1.29, 1.82) is 0 Å². The van der Waals surface area contributed by atoms with Gasteiger partial charge >= 0.3 is 6.09 Å². The molecule has 1 saturated heterocycles. The number of ether oxygens (including phenoxy) is 1. The van der Waals surface area contributed by atoms with Crippen molar-refractivity contribution in [1.82, 2.24) is 24.8 Å². The number of carbonyl (C=O) groups is 1. The topological polar surface area (TPSA) is 107 Å². The summed E-state index contributed by atoms with van der Waals surface area (Å²) >= 11 is 6.50. The van der Waals surface area contributed by atoms with Crippen LogP contribution < -0.4 is 5.32 Å². The van der Waals surface area contributed by atoms with E-state index in [1.54, 1.807) is 11.1 Å². The molecule has 0 radical (unpaired) electrons. The number of aromatic nitrogens is 3. The van der Waals surface area contributed by atoms with E-state index in [-0.39, 0.29) is 12.1 Å². The maximum Gasteiger partial charge on any atom is 0.410 e. The van der Waals surface area contributed by atoms with Crippen molar-refractivity contribution in [2.75, 3.05) is 38.0 Å². The minimum absolute atomic E-state index is 0.0498. The van der Waals surface area contributed by atoms with Crippen molar-refractivity contribution in [2.24, 2.45) is 0 Å². The molecule has 3 aromatic rings. The van der Waals surface area contributed by atoms with Crippen LogP contribution in [0.2, 0.25) is 5.02 Å². The van der Waals surface area contributed by atoms with E-state index in [1.165, 1.54) is 0 Å². The molecule has 0 spiro atoms. The Bertz CT molecular complexity index is 1280. The molecule has 10 heteroatoms. The van der Waals surface area contributed by atoms with Gasteiger partial charge in [0, 0.05) is 61.4 Å². The second kappa shape index (κ2) is 10.7. The number of β-amino-alcohol motifs (C(OH)–C–C–N with tert-alkyl or cyclic N) is 1. The smallest absolute Gasteiger partial charge is 0.410 e. The number of para-hydroxylation sites is 1. The van der Waals surface area contributed by atoms with Gasteiger partial charge in [0.15, 0.2) is 0 Å². The number of aromatic amines is 1. The number of halogens is 1. The van der Waals surface area contributed by atoms with Crippen molar-refractivity contribution in [3.8, 4) is 11.3 Å². The summed E-state index contributed by atoms with van der Waals surface area (Å²) < 4.78 is 5.50. The second-order valence-electron chi connectivity index (χ2n) is 11.5. The number of hydrogen-bond acceptors (Lipinski definition) is 7. The number of H-pyrrole nitrogens is 1. The van der Waals surface area contributed by atoms with Crippen molar-refractivity contribution in [3.05, 3.63) is 41.7 Å². The van der Waals surface area contributed by atoms with Gasteiger partial charge in [0.2, 0.25) is 5.95 Å². The first kappa shape index (κ1) is 26.7. The number of carbonyl (C=O) groups excluding carboxylic acids is 1. The SMILES string of the molecule is CC(C)(C)OC(=O)N1CCN(CC2(O)CCCC(Nc3ncc(Cl)c(-c4c[nH]c5ccccc45)n3)C2)CC1. The van der Waals surface area contributed by atoms with Gasteiger partial charge in [-0.3, -0.25) is 4.90 Å². The van der Waals surface area contributed by atoms with E-state index in [0.29, 0.717) is 55.8 Å². The molecule has 3 heterocycles. The molecule has 5 rings (SSSR count). The monoisotopic (exact) mass is 540 g/mol. The molecule has 204 valence electrons. The number of amides is 1. The zero-order valence-corrected chi connectivity index (χ0v) is 23.1. The average Bonchev–Trinajstić information content (AvgIpc) is 3.28. The van der Waals surface area contributed by atoms with Gasteiger partial charge in [-0.25, -0.2) is 14.8 Å². The number of fused-ring (bicyclic) bond motifs is 1. The second-order valence-corrected chi connectivity index (χ2v) is 12.0. The third-order valence-corrected chi connectivity index (χ3v) is 7.56. The quantitative estimate of drug-likeness (QED) is 0.422. The van der Waals surface area contributed by atoms with E-state index < -0.39 is 11.2 Å². The fourth-order valence-electron chi connectivity index (χ4n) is 5.51. The molecular formula is C28H37ClN6O3. The van der Waals surface area contributed by atoms with Crippen LogP contribution in [0.5, 0.6) is 0 Å². The summed E-state index contributed by atoms with van der Waals surface area (Å²) in [7, 11) is 0. The van der Waals surface area contributed by atoms with Gasteiger partial charge in [-0.05, 0) is 52.5 Å². The number of rotatable bonds is 5. The lowest BCUT2D eigenvalue weighted by atomic mass is 9.81. The van der Waals surface area contributed by atoms with Crippen LogP contribution in [0.25, 0.3) is 22.2 Å². The lowest BCUT2D eigenvalue weighted by Crippen LogP contribution is -2.55. The van der Waals surface area contributed by atoms with Crippen molar-refractivity contribution >= 4 is 34.5 Å². The number of piperazine rings is 1. The molecule has 1 aliphatic heterocycles. The number of benzene rings is 1. The predicted octanol–water partition coefficient (Wildman–Crippen LogP) is 4.92. The molecule has 0 bridgehead atoms. The van der Waals surface area contributed by atoms with Crippen LogP contribution in [0.3, 0.4) is 0 Å². The highest BCUT2D eigenvalue weighted by Crippen LogP contribution is 2.34. The van der Waals surface area contributed by atoms with Crippen LogP contribution >= 0.6 is 11.6 Å². The molecule has 2 aromatic heterocycles. The fourth-order valence-corrected chi connectivity index (χ4v) is 5.71. The Morgan fingerprint density at radius 2 is 2.03 bits per heavy atom. The standard InChI is InChI=1S/C28H37ClN6O3/c1-27(2,3)38-26(36)35-13-11-34(12-14-35)18-28(37)10-6-7-19(15-28)32-25-31-17-22(29)24(33-25)21-16-30-23-9-5-4-8-20(21)23/h4-5,8-9,16-17,19,30,37H,6-7,10-15,18H2,1-3H3,(H,31,32,33). The van der Waals surface area contributed by atoms with Crippen LogP contribution in [-0.2, 0) is 4.74 Å². The van der Waals surface area contributed by atoms with Crippen LogP contribution in [0.15, 0.2) is 36.7 Å². The predicted molar refractivity (Wildman–Crippen MR) is 149 cm³/mol. The maximum absolute atomic E-state index is 12.4. The highest BCUT2D eigenvalue weighted by molar-refractivity contribution is 6.33. The highest BCUT2D eigenvalue weighted by atomic mass is 35.5. The molecule has 38 heavy (non-hydrogen) atoms. The lowest BCUT2D eigenvalue weighted by Gasteiger charge is -2.43. The summed E-state index contributed by atoms with van der Waals surface area (Å²) in [5, 5.41) is 16.5. The lowest BCUT2D eigenvalue weighted by molar-refractivity contribution is -0.0404. The van der Waals surface area contributed by atoms with E-state index in [1.807, 2.05) is 51.2 Å². The molecule has 3 N–H and O–H groups in total. The van der Waals surface area contributed by atoms with Gasteiger partial charge in [-0.1, -0.05) is 29.8 Å². The van der Waals surface area contributed by atoms with Crippen molar-refractivity contribution < 1.29 is 14.6 Å². The number of aliphatic hydroxyl groups is 1. The normalized spacial score (nSPS) is 23.0. The summed E-state index contributed by atoms with van der Waals surface area (Å²) in [5.74, 6) is 0.509. The highest BCUT2D eigenvalue weighted by Gasteiger charge is 2.37. The van der Waals surface area contributed by atoms with E-state index in [2.05, 4.69) is 20.2 Å². The Kier molecular flexibility index (Phi) is 7.53. The number of nitrogens with zero attached hydrogens (tertiary/aromatic N) is 4.